The highest BCUT2D eigenvalue weighted by atomic mass is 35.5. The Bertz CT molecular complexity index is 701. The van der Waals surface area contributed by atoms with Crippen LogP contribution in [-0.4, -0.2) is 17.6 Å². The third-order valence-electron chi connectivity index (χ3n) is 3.60. The standard InChI is InChI=1S/C16H15ClN2O2/c17-11-4-5-12(15(20)8-11)16(21)19-14-3-1-2-10-6-7-18-9-13(10)14/h1-5,8,18,20H,6-7,9H2,(H,19,21). The maximum Gasteiger partial charge on any atom is 0.259 e. The smallest absolute Gasteiger partial charge is 0.259 e. The topological polar surface area (TPSA) is 61.4 Å². The first kappa shape index (κ1) is 13.9. The van der Waals surface area contributed by atoms with Gasteiger partial charge in [-0.3, -0.25) is 4.79 Å². The first-order valence-electron chi connectivity index (χ1n) is 6.76. The molecule has 2 aromatic rings. The van der Waals surface area contributed by atoms with Crippen molar-refractivity contribution in [3.63, 3.8) is 0 Å². The molecule has 0 saturated heterocycles. The third-order valence-corrected chi connectivity index (χ3v) is 3.83. The lowest BCUT2D eigenvalue weighted by Gasteiger charge is -2.20. The highest BCUT2D eigenvalue weighted by Gasteiger charge is 2.16. The molecule has 2 aromatic carbocycles. The van der Waals surface area contributed by atoms with Crippen molar-refractivity contribution < 1.29 is 9.90 Å². The molecule has 0 fully saturated rings. The van der Waals surface area contributed by atoms with Crippen molar-refractivity contribution in [1.29, 1.82) is 0 Å². The molecular weight excluding hydrogens is 288 g/mol. The van der Waals surface area contributed by atoms with Crippen LogP contribution in [0.2, 0.25) is 5.02 Å². The Labute approximate surface area is 127 Å². The quantitative estimate of drug-likeness (QED) is 0.799. The Hall–Kier alpha value is -2.04. The molecule has 0 aliphatic carbocycles. The summed E-state index contributed by atoms with van der Waals surface area (Å²) < 4.78 is 0. The van der Waals surface area contributed by atoms with Gasteiger partial charge < -0.3 is 15.7 Å². The summed E-state index contributed by atoms with van der Waals surface area (Å²) in [6.07, 6.45) is 0.950. The molecule has 1 aliphatic rings. The van der Waals surface area contributed by atoms with E-state index in [1.165, 1.54) is 17.7 Å². The average molecular weight is 303 g/mol. The molecule has 0 bridgehead atoms. The minimum atomic E-state index is -0.344. The Morgan fingerprint density at radius 3 is 2.95 bits per heavy atom. The van der Waals surface area contributed by atoms with Gasteiger partial charge in [-0.1, -0.05) is 23.7 Å². The number of benzene rings is 2. The van der Waals surface area contributed by atoms with Gasteiger partial charge in [-0.25, -0.2) is 0 Å². The second kappa shape index (κ2) is 5.76. The molecule has 0 aromatic heterocycles. The van der Waals surface area contributed by atoms with E-state index >= 15 is 0 Å². The maximum atomic E-state index is 12.3. The Balaban J connectivity index is 1.88. The second-order valence-corrected chi connectivity index (χ2v) is 5.42. The predicted molar refractivity (Wildman–Crippen MR) is 82.9 cm³/mol. The molecular formula is C16H15ClN2O2. The zero-order valence-electron chi connectivity index (χ0n) is 11.3. The summed E-state index contributed by atoms with van der Waals surface area (Å²) in [4.78, 5) is 12.3. The summed E-state index contributed by atoms with van der Waals surface area (Å²) in [5.74, 6) is -0.467. The lowest BCUT2D eigenvalue weighted by atomic mass is 9.99. The summed E-state index contributed by atoms with van der Waals surface area (Å²) in [6, 6.07) is 10.3. The Kier molecular flexibility index (Phi) is 3.82. The first-order chi connectivity index (χ1) is 10.1. The second-order valence-electron chi connectivity index (χ2n) is 4.99. The van der Waals surface area contributed by atoms with E-state index < -0.39 is 0 Å². The Morgan fingerprint density at radius 1 is 1.29 bits per heavy atom. The van der Waals surface area contributed by atoms with Crippen molar-refractivity contribution in [3.8, 4) is 5.75 Å². The van der Waals surface area contributed by atoms with Gasteiger partial charge in [-0.05, 0) is 48.4 Å². The van der Waals surface area contributed by atoms with E-state index in [0.717, 1.165) is 30.8 Å². The molecule has 3 N–H and O–H groups in total. The lowest BCUT2D eigenvalue weighted by Crippen LogP contribution is -2.25. The molecule has 4 nitrogen and oxygen atoms in total. The van der Waals surface area contributed by atoms with Crippen LogP contribution in [0.1, 0.15) is 21.5 Å². The zero-order chi connectivity index (χ0) is 14.8. The van der Waals surface area contributed by atoms with E-state index in [9.17, 15) is 9.90 Å². The SMILES string of the molecule is O=C(Nc1cccc2c1CNCC2)c1ccc(Cl)cc1O. The number of halogens is 1. The van der Waals surface area contributed by atoms with Crippen LogP contribution in [0.3, 0.4) is 0 Å². The van der Waals surface area contributed by atoms with E-state index in [0.29, 0.717) is 5.02 Å². The van der Waals surface area contributed by atoms with Gasteiger partial charge in [0, 0.05) is 17.3 Å². The minimum Gasteiger partial charge on any atom is -0.507 e. The van der Waals surface area contributed by atoms with Gasteiger partial charge in [0.2, 0.25) is 0 Å². The number of carbonyl (C=O) groups excluding carboxylic acids is 1. The average Bonchev–Trinajstić information content (AvgIpc) is 2.47. The number of amides is 1. The number of fused-ring (bicyclic) bond motifs is 1. The number of anilines is 1. The third kappa shape index (κ3) is 2.86. The number of rotatable bonds is 2. The van der Waals surface area contributed by atoms with Gasteiger partial charge in [-0.2, -0.15) is 0 Å². The van der Waals surface area contributed by atoms with Crippen molar-refractivity contribution in [2.45, 2.75) is 13.0 Å². The minimum absolute atomic E-state index is 0.122. The predicted octanol–water partition coefficient (Wildman–Crippen LogP) is 2.94. The number of nitrogens with one attached hydrogen (secondary N) is 2. The number of aromatic hydroxyl groups is 1. The number of carbonyl (C=O) groups is 1. The van der Waals surface area contributed by atoms with E-state index in [1.54, 1.807) is 6.07 Å². The Morgan fingerprint density at radius 2 is 2.14 bits per heavy atom. The van der Waals surface area contributed by atoms with Crippen LogP contribution in [0.5, 0.6) is 5.75 Å². The normalized spacial score (nSPS) is 13.6. The van der Waals surface area contributed by atoms with Crippen molar-refractivity contribution >= 4 is 23.2 Å². The van der Waals surface area contributed by atoms with E-state index in [-0.39, 0.29) is 17.2 Å². The van der Waals surface area contributed by atoms with Crippen LogP contribution in [0.25, 0.3) is 0 Å². The molecule has 3 rings (SSSR count). The maximum absolute atomic E-state index is 12.3. The molecule has 0 atom stereocenters. The molecule has 5 heteroatoms. The van der Waals surface area contributed by atoms with Crippen molar-refractivity contribution in [1.82, 2.24) is 5.32 Å². The molecule has 0 unspecified atom stereocenters. The lowest BCUT2D eigenvalue weighted by molar-refractivity contribution is 0.102. The van der Waals surface area contributed by atoms with Crippen LogP contribution >= 0.6 is 11.6 Å². The van der Waals surface area contributed by atoms with Gasteiger partial charge in [0.1, 0.15) is 5.75 Å². The number of hydrogen-bond acceptors (Lipinski definition) is 3. The van der Waals surface area contributed by atoms with Gasteiger partial charge in [-0.15, -0.1) is 0 Å². The van der Waals surface area contributed by atoms with Crippen LogP contribution in [0.4, 0.5) is 5.69 Å². The molecule has 1 amide bonds. The summed E-state index contributed by atoms with van der Waals surface area (Å²) in [5, 5.41) is 16.4. The van der Waals surface area contributed by atoms with E-state index in [2.05, 4.69) is 16.7 Å². The van der Waals surface area contributed by atoms with Crippen LogP contribution in [-0.2, 0) is 13.0 Å². The van der Waals surface area contributed by atoms with Gasteiger partial charge in [0.05, 0.1) is 5.56 Å². The van der Waals surface area contributed by atoms with Crippen molar-refractivity contribution in [2.75, 3.05) is 11.9 Å². The number of hydrogen-bond donors (Lipinski definition) is 3. The van der Waals surface area contributed by atoms with Crippen LogP contribution in [0.15, 0.2) is 36.4 Å². The molecule has 21 heavy (non-hydrogen) atoms. The van der Waals surface area contributed by atoms with Crippen LogP contribution < -0.4 is 10.6 Å². The monoisotopic (exact) mass is 302 g/mol. The highest BCUT2D eigenvalue weighted by Crippen LogP contribution is 2.26. The summed E-state index contributed by atoms with van der Waals surface area (Å²) in [6.45, 7) is 1.68. The molecule has 0 radical (unpaired) electrons. The van der Waals surface area contributed by atoms with Gasteiger partial charge >= 0.3 is 0 Å². The highest BCUT2D eigenvalue weighted by molar-refractivity contribution is 6.31. The summed E-state index contributed by atoms with van der Waals surface area (Å²) >= 11 is 5.78. The van der Waals surface area contributed by atoms with Gasteiger partial charge in [0.15, 0.2) is 0 Å². The van der Waals surface area contributed by atoms with E-state index in [4.69, 9.17) is 11.6 Å². The van der Waals surface area contributed by atoms with Gasteiger partial charge in [0.25, 0.3) is 5.91 Å². The largest absolute Gasteiger partial charge is 0.507 e. The van der Waals surface area contributed by atoms with Crippen molar-refractivity contribution in [2.24, 2.45) is 0 Å². The number of phenols is 1. The van der Waals surface area contributed by atoms with Crippen molar-refractivity contribution in [3.05, 3.63) is 58.1 Å². The van der Waals surface area contributed by atoms with Crippen LogP contribution in [0, 0.1) is 0 Å². The molecule has 0 spiro atoms. The first-order valence-corrected chi connectivity index (χ1v) is 7.14. The zero-order valence-corrected chi connectivity index (χ0v) is 12.1. The number of phenolic OH excluding ortho intramolecular Hbond substituents is 1. The summed E-state index contributed by atoms with van der Waals surface area (Å²) in [5.41, 5.74) is 3.33. The fourth-order valence-corrected chi connectivity index (χ4v) is 2.68. The fourth-order valence-electron chi connectivity index (χ4n) is 2.52. The fraction of sp³-hybridized carbons (Fsp3) is 0.188. The molecule has 1 heterocycles. The van der Waals surface area contributed by atoms with E-state index in [1.807, 2.05) is 12.1 Å². The summed E-state index contributed by atoms with van der Waals surface area (Å²) in [7, 11) is 0. The molecule has 108 valence electrons. The molecule has 1 aliphatic heterocycles. The molecule has 0 saturated carbocycles.